The molecule has 0 aromatic heterocycles. The Balaban J connectivity index is 2.57. The molecule has 1 aromatic carbocycles. The Morgan fingerprint density at radius 1 is 1.45 bits per heavy atom. The maximum absolute atomic E-state index is 11.3. The summed E-state index contributed by atoms with van der Waals surface area (Å²) in [6, 6.07) is 7.49. The second-order valence-electron chi connectivity index (χ2n) is 2.58. The van der Waals surface area contributed by atoms with Crippen LogP contribution in [0.2, 0.25) is 0 Å². The van der Waals surface area contributed by atoms with Gasteiger partial charge in [0, 0.05) is 5.56 Å². The SMILES string of the molecule is C=S1(=O)Cc2ccccc2O1. The molecular weight excluding hydrogens is 160 g/mol. The highest BCUT2D eigenvalue weighted by molar-refractivity contribution is 7.95. The summed E-state index contributed by atoms with van der Waals surface area (Å²) >= 11 is 0. The van der Waals surface area contributed by atoms with Crippen molar-refractivity contribution in [2.45, 2.75) is 5.75 Å². The van der Waals surface area contributed by atoms with E-state index in [1.807, 2.05) is 24.3 Å². The number of hydrogen-bond donors (Lipinski definition) is 0. The van der Waals surface area contributed by atoms with Gasteiger partial charge < -0.3 is 4.18 Å². The topological polar surface area (TPSA) is 26.3 Å². The molecule has 0 aliphatic carbocycles. The molecule has 1 heterocycles. The van der Waals surface area contributed by atoms with Gasteiger partial charge in [0.25, 0.3) is 0 Å². The van der Waals surface area contributed by atoms with Gasteiger partial charge >= 0.3 is 0 Å². The zero-order valence-electron chi connectivity index (χ0n) is 5.95. The van der Waals surface area contributed by atoms with Crippen LogP contribution in [-0.2, 0) is 15.6 Å². The Kier molecular flexibility index (Phi) is 1.23. The molecule has 1 aliphatic heterocycles. The molecule has 1 unspecified atom stereocenters. The smallest absolute Gasteiger partial charge is 0.143 e. The largest absolute Gasteiger partial charge is 0.408 e. The first kappa shape index (κ1) is 6.73. The van der Waals surface area contributed by atoms with E-state index in [4.69, 9.17) is 4.18 Å². The van der Waals surface area contributed by atoms with Gasteiger partial charge in [-0.15, -0.1) is 0 Å². The fourth-order valence-electron chi connectivity index (χ4n) is 1.13. The van der Waals surface area contributed by atoms with E-state index < -0.39 is 9.80 Å². The second-order valence-corrected chi connectivity index (χ2v) is 4.52. The quantitative estimate of drug-likeness (QED) is 0.544. The Morgan fingerprint density at radius 2 is 2.18 bits per heavy atom. The molecule has 0 radical (unpaired) electrons. The molecule has 0 bridgehead atoms. The molecule has 0 amide bonds. The molecule has 0 saturated heterocycles. The third-order valence-corrected chi connectivity index (χ3v) is 2.82. The number of rotatable bonds is 0. The van der Waals surface area contributed by atoms with Crippen molar-refractivity contribution in [2.75, 3.05) is 0 Å². The van der Waals surface area contributed by atoms with Gasteiger partial charge in [-0.25, -0.2) is 4.21 Å². The van der Waals surface area contributed by atoms with Gasteiger partial charge in [-0.2, -0.15) is 0 Å². The van der Waals surface area contributed by atoms with Crippen molar-refractivity contribution < 1.29 is 8.39 Å². The lowest BCUT2D eigenvalue weighted by molar-refractivity contribution is 0.573. The van der Waals surface area contributed by atoms with Gasteiger partial charge in [0.05, 0.1) is 5.75 Å². The first-order valence-electron chi connectivity index (χ1n) is 3.30. The normalized spacial score (nSPS) is 27.6. The second kappa shape index (κ2) is 2.01. The lowest BCUT2D eigenvalue weighted by Gasteiger charge is -1.96. The molecule has 11 heavy (non-hydrogen) atoms. The average molecular weight is 168 g/mol. The van der Waals surface area contributed by atoms with Crippen LogP contribution in [-0.4, -0.2) is 10.1 Å². The molecule has 58 valence electrons. The first-order chi connectivity index (χ1) is 5.17. The molecular formula is C8H8O2S. The van der Waals surface area contributed by atoms with Crippen molar-refractivity contribution in [1.82, 2.24) is 0 Å². The van der Waals surface area contributed by atoms with Crippen molar-refractivity contribution in [3.63, 3.8) is 0 Å². The summed E-state index contributed by atoms with van der Waals surface area (Å²) in [5.41, 5.74) is 0.993. The van der Waals surface area contributed by atoms with Crippen LogP contribution >= 0.6 is 0 Å². The van der Waals surface area contributed by atoms with E-state index in [0.717, 1.165) is 5.56 Å². The maximum Gasteiger partial charge on any atom is 0.143 e. The third-order valence-electron chi connectivity index (χ3n) is 1.59. The van der Waals surface area contributed by atoms with Crippen molar-refractivity contribution in [3.05, 3.63) is 29.8 Å². The van der Waals surface area contributed by atoms with Gasteiger partial charge in [-0.1, -0.05) is 18.2 Å². The van der Waals surface area contributed by atoms with Crippen LogP contribution in [0.5, 0.6) is 5.75 Å². The van der Waals surface area contributed by atoms with Gasteiger partial charge in [0.15, 0.2) is 0 Å². The fraction of sp³-hybridized carbons (Fsp3) is 0.125. The van der Waals surface area contributed by atoms with Gasteiger partial charge in [0.2, 0.25) is 0 Å². The van der Waals surface area contributed by atoms with Crippen LogP contribution < -0.4 is 4.18 Å². The van der Waals surface area contributed by atoms with Crippen LogP contribution in [0.25, 0.3) is 0 Å². The standard InChI is InChI=1S/C8H8O2S/c1-11(9)6-7-4-2-3-5-8(7)10-11/h2-5H,1,6H2. The third kappa shape index (κ3) is 1.12. The zero-order chi connectivity index (χ0) is 7.90. The molecule has 0 saturated carbocycles. The fourth-order valence-corrected chi connectivity index (χ4v) is 2.40. The van der Waals surface area contributed by atoms with E-state index in [1.54, 1.807) is 0 Å². The lowest BCUT2D eigenvalue weighted by atomic mass is 10.2. The summed E-state index contributed by atoms with van der Waals surface area (Å²) in [7, 11) is -2.31. The summed E-state index contributed by atoms with van der Waals surface area (Å²) in [4.78, 5) is 0. The lowest BCUT2D eigenvalue weighted by Crippen LogP contribution is -2.01. The van der Waals surface area contributed by atoms with Crippen LogP contribution in [0.4, 0.5) is 0 Å². The average Bonchev–Trinajstić information content (AvgIpc) is 2.21. The van der Waals surface area contributed by atoms with E-state index >= 15 is 0 Å². The Bertz CT molecular complexity index is 348. The molecule has 1 atom stereocenters. The van der Waals surface area contributed by atoms with Gasteiger partial charge in [-0.3, -0.25) is 0 Å². The van der Waals surface area contributed by atoms with E-state index in [9.17, 15) is 4.21 Å². The number of para-hydroxylation sites is 1. The van der Waals surface area contributed by atoms with Crippen LogP contribution in [0.1, 0.15) is 5.56 Å². The van der Waals surface area contributed by atoms with Gasteiger partial charge in [-0.05, 0) is 11.9 Å². The molecule has 3 heteroatoms. The predicted octanol–water partition coefficient (Wildman–Crippen LogP) is 1.21. The molecule has 0 N–H and O–H groups in total. The molecule has 0 fully saturated rings. The Hall–Kier alpha value is -0.960. The van der Waals surface area contributed by atoms with Crippen LogP contribution in [0.3, 0.4) is 0 Å². The number of fused-ring (bicyclic) bond motifs is 1. The number of hydrogen-bond acceptors (Lipinski definition) is 2. The van der Waals surface area contributed by atoms with E-state index in [0.29, 0.717) is 11.5 Å². The molecule has 2 nitrogen and oxygen atoms in total. The highest BCUT2D eigenvalue weighted by Gasteiger charge is 2.19. The minimum atomic E-state index is -2.31. The molecule has 0 spiro atoms. The summed E-state index contributed by atoms with van der Waals surface area (Å²) in [6.45, 7) is 0. The molecule has 2 rings (SSSR count). The summed E-state index contributed by atoms with van der Waals surface area (Å²) in [6.07, 6.45) is 0. The molecule has 1 aliphatic rings. The summed E-state index contributed by atoms with van der Waals surface area (Å²) < 4.78 is 16.4. The maximum atomic E-state index is 11.3. The molecule has 1 aromatic rings. The van der Waals surface area contributed by atoms with Crippen molar-refractivity contribution >= 4 is 15.7 Å². The predicted molar refractivity (Wildman–Crippen MR) is 46.0 cm³/mol. The number of benzene rings is 1. The van der Waals surface area contributed by atoms with Crippen molar-refractivity contribution in [3.8, 4) is 5.75 Å². The first-order valence-corrected chi connectivity index (χ1v) is 5.12. The zero-order valence-corrected chi connectivity index (χ0v) is 6.76. The van der Waals surface area contributed by atoms with Crippen LogP contribution in [0.15, 0.2) is 24.3 Å². The Morgan fingerprint density at radius 3 is 2.91 bits per heavy atom. The van der Waals surface area contributed by atoms with Crippen LogP contribution in [0, 0.1) is 0 Å². The highest BCUT2D eigenvalue weighted by atomic mass is 32.2. The summed E-state index contributed by atoms with van der Waals surface area (Å²) in [5, 5.41) is 0. The van der Waals surface area contributed by atoms with E-state index in [1.165, 1.54) is 0 Å². The van der Waals surface area contributed by atoms with Crippen molar-refractivity contribution in [2.24, 2.45) is 0 Å². The Labute approximate surface area is 66.0 Å². The minimum absolute atomic E-state index is 0.448. The van der Waals surface area contributed by atoms with Gasteiger partial charge in [0.1, 0.15) is 15.6 Å². The summed E-state index contributed by atoms with van der Waals surface area (Å²) in [5.74, 6) is 4.65. The monoisotopic (exact) mass is 168 g/mol. The van der Waals surface area contributed by atoms with E-state index in [2.05, 4.69) is 5.87 Å². The van der Waals surface area contributed by atoms with E-state index in [-0.39, 0.29) is 0 Å². The minimum Gasteiger partial charge on any atom is -0.408 e. The highest BCUT2D eigenvalue weighted by Crippen LogP contribution is 2.28. The van der Waals surface area contributed by atoms with Crippen molar-refractivity contribution in [1.29, 1.82) is 0 Å².